The van der Waals surface area contributed by atoms with Crippen molar-refractivity contribution in [3.63, 3.8) is 0 Å². The van der Waals surface area contributed by atoms with Gasteiger partial charge < -0.3 is 9.88 Å². The average molecular weight is 343 g/mol. The molecule has 1 saturated heterocycles. The number of aryl methyl sites for hydroxylation is 2. The lowest BCUT2D eigenvalue weighted by Crippen LogP contribution is -2.39. The molecule has 1 atom stereocenters. The molecule has 2 aromatic rings. The third kappa shape index (κ3) is 3.02. The third-order valence-corrected chi connectivity index (χ3v) is 6.26. The van der Waals surface area contributed by atoms with Crippen LogP contribution in [0.3, 0.4) is 0 Å². The van der Waals surface area contributed by atoms with E-state index in [0.717, 1.165) is 42.8 Å². The fourth-order valence-electron chi connectivity index (χ4n) is 3.76. The minimum absolute atomic E-state index is 0.130. The van der Waals surface area contributed by atoms with Crippen molar-refractivity contribution in [1.82, 2.24) is 14.9 Å². The minimum Gasteiger partial charge on any atom is -0.337 e. The molecule has 2 aliphatic rings. The normalized spacial score (nSPS) is 20.7. The highest BCUT2D eigenvalue weighted by Gasteiger charge is 2.28. The summed E-state index contributed by atoms with van der Waals surface area (Å²) < 4.78 is 0. The number of amides is 1. The van der Waals surface area contributed by atoms with Gasteiger partial charge in [-0.05, 0) is 50.2 Å². The molecule has 4 rings (SSSR count). The smallest absolute Gasteiger partial charge is 0.263 e. The zero-order chi connectivity index (χ0) is 16.5. The van der Waals surface area contributed by atoms with E-state index in [1.54, 1.807) is 17.4 Å². The van der Waals surface area contributed by atoms with Gasteiger partial charge in [0, 0.05) is 30.0 Å². The molecule has 24 heavy (non-hydrogen) atoms. The topological polar surface area (TPSA) is 66.1 Å². The first-order chi connectivity index (χ1) is 11.7. The van der Waals surface area contributed by atoms with E-state index in [4.69, 9.17) is 0 Å². The van der Waals surface area contributed by atoms with Crippen LogP contribution in [0.5, 0.6) is 0 Å². The van der Waals surface area contributed by atoms with E-state index in [1.807, 2.05) is 4.90 Å². The number of carbonyl (C=O) groups is 1. The molecule has 126 valence electrons. The Morgan fingerprint density at radius 1 is 1.25 bits per heavy atom. The molecule has 2 aromatic heterocycles. The van der Waals surface area contributed by atoms with Gasteiger partial charge in [0.25, 0.3) is 11.5 Å². The summed E-state index contributed by atoms with van der Waals surface area (Å²) in [5.74, 6) is 0.295. The van der Waals surface area contributed by atoms with Gasteiger partial charge in [-0.25, -0.2) is 4.98 Å². The van der Waals surface area contributed by atoms with Crippen molar-refractivity contribution in [3.05, 3.63) is 49.8 Å². The number of nitrogens with one attached hydrogen (secondary N) is 1. The van der Waals surface area contributed by atoms with Gasteiger partial charge in [0.1, 0.15) is 0 Å². The van der Waals surface area contributed by atoms with Crippen molar-refractivity contribution in [2.24, 2.45) is 0 Å². The molecule has 1 amide bonds. The zero-order valence-electron chi connectivity index (χ0n) is 13.6. The maximum Gasteiger partial charge on any atom is 0.263 e. The van der Waals surface area contributed by atoms with Crippen molar-refractivity contribution in [2.75, 3.05) is 13.1 Å². The summed E-state index contributed by atoms with van der Waals surface area (Å²) >= 11 is 1.67. The molecule has 1 aliphatic heterocycles. The first kappa shape index (κ1) is 15.6. The standard InChI is InChI=1S/C18H21N3O2S/c22-17-9-14(19-11-20-17)13-5-3-7-21(10-13)18(23)16-8-12-4-1-2-6-15(12)24-16/h8-9,11,13H,1-7,10H2,(H,19,20,22). The summed E-state index contributed by atoms with van der Waals surface area (Å²) in [6.07, 6.45) is 8.08. The second-order valence-corrected chi connectivity index (χ2v) is 7.83. The van der Waals surface area contributed by atoms with Crippen LogP contribution in [0.1, 0.15) is 57.4 Å². The number of rotatable bonds is 2. The van der Waals surface area contributed by atoms with Crippen LogP contribution in [0.15, 0.2) is 23.3 Å². The van der Waals surface area contributed by atoms with Crippen molar-refractivity contribution >= 4 is 17.2 Å². The maximum atomic E-state index is 12.9. The lowest BCUT2D eigenvalue weighted by atomic mass is 9.94. The van der Waals surface area contributed by atoms with Gasteiger partial charge in [-0.1, -0.05) is 0 Å². The number of aromatic amines is 1. The number of carbonyl (C=O) groups excluding carboxylic acids is 1. The molecule has 1 N–H and O–H groups in total. The van der Waals surface area contributed by atoms with E-state index in [0.29, 0.717) is 6.54 Å². The molecule has 0 bridgehead atoms. The van der Waals surface area contributed by atoms with Crippen LogP contribution in [0.4, 0.5) is 0 Å². The second kappa shape index (κ2) is 6.51. The molecule has 1 unspecified atom stereocenters. The minimum atomic E-state index is -0.130. The Hall–Kier alpha value is -1.95. The summed E-state index contributed by atoms with van der Waals surface area (Å²) in [6.45, 7) is 1.44. The third-order valence-electron chi connectivity index (χ3n) is 5.03. The molecule has 0 radical (unpaired) electrons. The van der Waals surface area contributed by atoms with Crippen LogP contribution in [0.25, 0.3) is 0 Å². The van der Waals surface area contributed by atoms with Gasteiger partial charge >= 0.3 is 0 Å². The summed E-state index contributed by atoms with van der Waals surface area (Å²) in [5.41, 5.74) is 2.04. The number of nitrogens with zero attached hydrogens (tertiary/aromatic N) is 2. The number of hydrogen-bond acceptors (Lipinski definition) is 4. The predicted molar refractivity (Wildman–Crippen MR) is 93.7 cm³/mol. The monoisotopic (exact) mass is 343 g/mol. The quantitative estimate of drug-likeness (QED) is 0.912. The Morgan fingerprint density at radius 3 is 2.96 bits per heavy atom. The zero-order valence-corrected chi connectivity index (χ0v) is 14.4. The van der Waals surface area contributed by atoms with E-state index in [9.17, 15) is 9.59 Å². The van der Waals surface area contributed by atoms with Crippen LogP contribution in [-0.4, -0.2) is 33.9 Å². The Labute approximate surface area is 144 Å². The largest absolute Gasteiger partial charge is 0.337 e. The molecule has 3 heterocycles. The van der Waals surface area contributed by atoms with Crippen LogP contribution in [-0.2, 0) is 12.8 Å². The highest BCUT2D eigenvalue weighted by molar-refractivity contribution is 7.14. The Morgan fingerprint density at radius 2 is 2.12 bits per heavy atom. The Bertz CT molecular complexity index is 787. The van der Waals surface area contributed by atoms with Crippen LogP contribution in [0, 0.1) is 0 Å². The van der Waals surface area contributed by atoms with E-state index in [2.05, 4.69) is 16.0 Å². The Kier molecular flexibility index (Phi) is 4.22. The van der Waals surface area contributed by atoms with E-state index >= 15 is 0 Å². The number of aromatic nitrogens is 2. The van der Waals surface area contributed by atoms with Crippen LogP contribution >= 0.6 is 11.3 Å². The van der Waals surface area contributed by atoms with Crippen LogP contribution < -0.4 is 5.56 Å². The van der Waals surface area contributed by atoms with Gasteiger partial charge in [0.05, 0.1) is 16.9 Å². The van der Waals surface area contributed by atoms with E-state index in [1.165, 1.54) is 29.6 Å². The van der Waals surface area contributed by atoms with Crippen molar-refractivity contribution < 1.29 is 4.79 Å². The van der Waals surface area contributed by atoms with Gasteiger partial charge in [-0.2, -0.15) is 0 Å². The number of piperidine rings is 1. The highest BCUT2D eigenvalue weighted by atomic mass is 32.1. The fraction of sp³-hybridized carbons (Fsp3) is 0.500. The Balaban J connectivity index is 1.52. The molecule has 5 nitrogen and oxygen atoms in total. The molecule has 0 spiro atoms. The molecule has 0 saturated carbocycles. The maximum absolute atomic E-state index is 12.9. The first-order valence-corrected chi connectivity index (χ1v) is 9.48. The number of fused-ring (bicyclic) bond motifs is 1. The summed E-state index contributed by atoms with van der Waals surface area (Å²) in [6, 6.07) is 3.67. The summed E-state index contributed by atoms with van der Waals surface area (Å²) in [5, 5.41) is 0. The molecule has 6 heteroatoms. The number of H-pyrrole nitrogens is 1. The van der Waals surface area contributed by atoms with E-state index < -0.39 is 0 Å². The van der Waals surface area contributed by atoms with Gasteiger partial charge in [-0.3, -0.25) is 9.59 Å². The number of thiophene rings is 1. The predicted octanol–water partition coefficient (Wildman–Crippen LogP) is 2.73. The van der Waals surface area contributed by atoms with Gasteiger partial charge in [-0.15, -0.1) is 11.3 Å². The van der Waals surface area contributed by atoms with Gasteiger partial charge in [0.2, 0.25) is 0 Å². The lowest BCUT2D eigenvalue weighted by molar-refractivity contribution is 0.0710. The lowest BCUT2D eigenvalue weighted by Gasteiger charge is -2.32. The first-order valence-electron chi connectivity index (χ1n) is 8.66. The van der Waals surface area contributed by atoms with Crippen molar-refractivity contribution in [1.29, 1.82) is 0 Å². The van der Waals surface area contributed by atoms with Crippen molar-refractivity contribution in [2.45, 2.75) is 44.4 Å². The van der Waals surface area contributed by atoms with E-state index in [-0.39, 0.29) is 17.4 Å². The van der Waals surface area contributed by atoms with Crippen LogP contribution in [0.2, 0.25) is 0 Å². The highest BCUT2D eigenvalue weighted by Crippen LogP contribution is 2.32. The van der Waals surface area contributed by atoms with Gasteiger partial charge in [0.15, 0.2) is 0 Å². The molecule has 1 aliphatic carbocycles. The number of likely N-dealkylation sites (tertiary alicyclic amines) is 1. The molecule has 1 fully saturated rings. The fourth-order valence-corrected chi connectivity index (χ4v) is 4.98. The SMILES string of the molecule is O=C(c1cc2c(s1)CCCC2)N1CCCC(c2cc(=O)[nH]cn2)C1. The average Bonchev–Trinajstić information content (AvgIpc) is 3.05. The number of hydrogen-bond donors (Lipinski definition) is 1. The summed E-state index contributed by atoms with van der Waals surface area (Å²) in [7, 11) is 0. The van der Waals surface area contributed by atoms with Crippen molar-refractivity contribution in [3.8, 4) is 0 Å². The molecular weight excluding hydrogens is 322 g/mol. The molecule has 0 aromatic carbocycles. The second-order valence-electron chi connectivity index (χ2n) is 6.69. The molecular formula is C18H21N3O2S. The summed E-state index contributed by atoms with van der Waals surface area (Å²) in [4.78, 5) is 35.5.